The van der Waals surface area contributed by atoms with Crippen LogP contribution in [0.5, 0.6) is 0 Å². The molecule has 0 saturated heterocycles. The molecule has 0 amide bonds. The van der Waals surface area contributed by atoms with Gasteiger partial charge in [0.1, 0.15) is 5.01 Å². The summed E-state index contributed by atoms with van der Waals surface area (Å²) in [6, 6.07) is 5.36. The molecule has 0 radical (unpaired) electrons. The first-order valence-corrected chi connectivity index (χ1v) is 6.49. The summed E-state index contributed by atoms with van der Waals surface area (Å²) in [5.41, 5.74) is 0.754. The van der Waals surface area contributed by atoms with Crippen molar-refractivity contribution < 1.29 is 0 Å². The van der Waals surface area contributed by atoms with E-state index in [-0.39, 0.29) is 0 Å². The summed E-state index contributed by atoms with van der Waals surface area (Å²) in [6.07, 6.45) is 1.75. The number of benzene rings is 1. The number of nitrogens with one attached hydrogen (secondary N) is 3. The van der Waals surface area contributed by atoms with E-state index in [2.05, 4.69) is 20.3 Å². The Balaban J connectivity index is 1.91. The summed E-state index contributed by atoms with van der Waals surface area (Å²) in [5, 5.41) is 6.10. The Morgan fingerprint density at radius 3 is 2.68 bits per heavy atom. The number of hydrogen-bond donors (Lipinski definition) is 3. The minimum absolute atomic E-state index is 0.591. The molecule has 0 spiro atoms. The molecular weight excluding hydrogens is 264 g/mol. The predicted octanol–water partition coefficient (Wildman–Crippen LogP) is 1.28. The Labute approximate surface area is 111 Å². The number of anilines is 1. The van der Waals surface area contributed by atoms with Gasteiger partial charge in [-0.05, 0) is 18.2 Å². The third-order valence-electron chi connectivity index (χ3n) is 2.65. The number of aromatic nitrogens is 3. The molecule has 2 aromatic heterocycles. The average Bonchev–Trinajstić information content (AvgIpc) is 2.91. The molecule has 3 rings (SSSR count). The first-order chi connectivity index (χ1) is 9.22. The summed E-state index contributed by atoms with van der Waals surface area (Å²) in [5.74, 6) is 0. The van der Waals surface area contributed by atoms with Crippen molar-refractivity contribution in [2.24, 2.45) is 0 Å². The fraction of sp³-hybridized carbons (Fsp3) is 0.0833. The summed E-state index contributed by atoms with van der Waals surface area (Å²) >= 11 is 1.57. The first kappa shape index (κ1) is 11.7. The fourth-order valence-corrected chi connectivity index (χ4v) is 2.30. The van der Waals surface area contributed by atoms with Crippen molar-refractivity contribution in [3.63, 3.8) is 0 Å². The van der Waals surface area contributed by atoms with E-state index in [9.17, 15) is 9.59 Å². The molecule has 0 aliphatic rings. The van der Waals surface area contributed by atoms with Crippen LogP contribution in [0.1, 0.15) is 5.01 Å². The molecule has 19 heavy (non-hydrogen) atoms. The van der Waals surface area contributed by atoms with Gasteiger partial charge in [-0.15, -0.1) is 11.3 Å². The summed E-state index contributed by atoms with van der Waals surface area (Å²) in [4.78, 5) is 31.7. The minimum Gasteiger partial charge on any atom is -0.378 e. The van der Waals surface area contributed by atoms with Crippen LogP contribution in [0.25, 0.3) is 11.0 Å². The van der Waals surface area contributed by atoms with Gasteiger partial charge in [0.25, 0.3) is 0 Å². The van der Waals surface area contributed by atoms with Crippen molar-refractivity contribution in [3.8, 4) is 0 Å². The fourth-order valence-electron chi connectivity index (χ4n) is 1.74. The molecule has 3 aromatic rings. The van der Waals surface area contributed by atoms with Crippen molar-refractivity contribution in [1.82, 2.24) is 15.0 Å². The second kappa shape index (κ2) is 4.69. The molecule has 1 aromatic carbocycles. The lowest BCUT2D eigenvalue weighted by molar-refractivity contribution is 1.10. The highest BCUT2D eigenvalue weighted by atomic mass is 32.1. The normalized spacial score (nSPS) is 10.7. The van der Waals surface area contributed by atoms with E-state index in [4.69, 9.17) is 0 Å². The van der Waals surface area contributed by atoms with Crippen LogP contribution in [0, 0.1) is 0 Å². The second-order valence-electron chi connectivity index (χ2n) is 3.95. The minimum atomic E-state index is -0.649. The Bertz CT molecular complexity index is 820. The van der Waals surface area contributed by atoms with Crippen LogP contribution < -0.4 is 16.4 Å². The molecular formula is C12H10N4O2S. The number of hydrogen-bond acceptors (Lipinski definition) is 5. The number of thiazole rings is 1. The average molecular weight is 274 g/mol. The number of H-pyrrole nitrogens is 2. The monoisotopic (exact) mass is 274 g/mol. The van der Waals surface area contributed by atoms with Crippen LogP contribution in [0.3, 0.4) is 0 Å². The first-order valence-electron chi connectivity index (χ1n) is 5.61. The maximum atomic E-state index is 11.3. The summed E-state index contributed by atoms with van der Waals surface area (Å²) in [6.45, 7) is 0.622. The maximum absolute atomic E-state index is 11.3. The van der Waals surface area contributed by atoms with Gasteiger partial charge < -0.3 is 15.3 Å². The molecule has 96 valence electrons. The van der Waals surface area contributed by atoms with Crippen molar-refractivity contribution in [2.75, 3.05) is 5.32 Å². The lowest BCUT2D eigenvalue weighted by Gasteiger charge is -2.05. The van der Waals surface area contributed by atoms with Crippen LogP contribution in [-0.4, -0.2) is 15.0 Å². The van der Waals surface area contributed by atoms with Crippen LogP contribution in [0.2, 0.25) is 0 Å². The molecule has 0 aliphatic carbocycles. The molecule has 2 heterocycles. The number of aromatic amines is 2. The van der Waals surface area contributed by atoms with Gasteiger partial charge >= 0.3 is 11.1 Å². The van der Waals surface area contributed by atoms with Crippen molar-refractivity contribution >= 4 is 28.1 Å². The standard InChI is InChI=1S/C12H10N4O2S/c17-11-12(18)16-9-5-7(1-2-8(9)15-11)14-6-10-13-3-4-19-10/h1-5,14H,6H2,(H,15,17)(H,16,18). The Kier molecular flexibility index (Phi) is 2.88. The van der Waals surface area contributed by atoms with E-state index in [1.807, 2.05) is 11.4 Å². The van der Waals surface area contributed by atoms with Crippen LogP contribution in [0.15, 0.2) is 39.4 Å². The van der Waals surface area contributed by atoms with Gasteiger partial charge in [-0.25, -0.2) is 4.98 Å². The SMILES string of the molecule is O=c1[nH]c2ccc(NCc3nccs3)cc2[nH]c1=O. The lowest BCUT2D eigenvalue weighted by Crippen LogP contribution is -2.28. The molecule has 0 saturated carbocycles. The molecule has 6 nitrogen and oxygen atoms in total. The van der Waals surface area contributed by atoms with Crippen molar-refractivity contribution in [2.45, 2.75) is 6.54 Å². The van der Waals surface area contributed by atoms with E-state index in [1.54, 1.807) is 29.7 Å². The molecule has 0 aliphatic heterocycles. The summed E-state index contributed by atoms with van der Waals surface area (Å²) < 4.78 is 0. The van der Waals surface area contributed by atoms with Gasteiger partial charge in [0.2, 0.25) is 0 Å². The van der Waals surface area contributed by atoms with E-state index in [0.29, 0.717) is 17.6 Å². The molecule has 0 bridgehead atoms. The molecule has 0 fully saturated rings. The molecule has 3 N–H and O–H groups in total. The lowest BCUT2D eigenvalue weighted by atomic mass is 10.2. The third kappa shape index (κ3) is 2.41. The highest BCUT2D eigenvalue weighted by Gasteiger charge is 2.01. The van der Waals surface area contributed by atoms with Crippen molar-refractivity contribution in [1.29, 1.82) is 0 Å². The van der Waals surface area contributed by atoms with Crippen LogP contribution >= 0.6 is 11.3 Å². The molecule has 0 unspecified atom stereocenters. The van der Waals surface area contributed by atoms with Crippen LogP contribution in [0.4, 0.5) is 5.69 Å². The van der Waals surface area contributed by atoms with E-state index in [1.165, 1.54) is 0 Å². The Morgan fingerprint density at radius 2 is 1.95 bits per heavy atom. The quantitative estimate of drug-likeness (QED) is 0.628. The Hall–Kier alpha value is -2.41. The van der Waals surface area contributed by atoms with Crippen molar-refractivity contribution in [3.05, 3.63) is 55.5 Å². The zero-order valence-electron chi connectivity index (χ0n) is 9.77. The topological polar surface area (TPSA) is 90.6 Å². The van der Waals surface area contributed by atoms with Gasteiger partial charge in [0.05, 0.1) is 17.6 Å². The highest BCUT2D eigenvalue weighted by molar-refractivity contribution is 7.09. The van der Waals surface area contributed by atoms with Crippen LogP contribution in [-0.2, 0) is 6.54 Å². The number of nitrogens with zero attached hydrogens (tertiary/aromatic N) is 1. The number of fused-ring (bicyclic) bond motifs is 1. The largest absolute Gasteiger partial charge is 0.378 e. The third-order valence-corrected chi connectivity index (χ3v) is 3.43. The highest BCUT2D eigenvalue weighted by Crippen LogP contribution is 2.15. The smallest absolute Gasteiger partial charge is 0.314 e. The van der Waals surface area contributed by atoms with Gasteiger partial charge in [-0.3, -0.25) is 9.59 Å². The maximum Gasteiger partial charge on any atom is 0.314 e. The van der Waals surface area contributed by atoms with Gasteiger partial charge in [0, 0.05) is 17.3 Å². The second-order valence-corrected chi connectivity index (χ2v) is 4.93. The summed E-state index contributed by atoms with van der Waals surface area (Å²) in [7, 11) is 0. The predicted molar refractivity (Wildman–Crippen MR) is 74.6 cm³/mol. The number of rotatable bonds is 3. The van der Waals surface area contributed by atoms with E-state index in [0.717, 1.165) is 10.7 Å². The van der Waals surface area contributed by atoms with Gasteiger partial charge in [-0.2, -0.15) is 0 Å². The zero-order valence-corrected chi connectivity index (χ0v) is 10.6. The molecule has 0 atom stereocenters. The van der Waals surface area contributed by atoms with Gasteiger partial charge in [0.15, 0.2) is 0 Å². The molecule has 7 heteroatoms. The van der Waals surface area contributed by atoms with E-state index < -0.39 is 11.1 Å². The van der Waals surface area contributed by atoms with E-state index >= 15 is 0 Å². The zero-order chi connectivity index (χ0) is 13.2. The Morgan fingerprint density at radius 1 is 1.16 bits per heavy atom. The van der Waals surface area contributed by atoms with Gasteiger partial charge in [-0.1, -0.05) is 0 Å².